The summed E-state index contributed by atoms with van der Waals surface area (Å²) in [6.45, 7) is 7.65. The van der Waals surface area contributed by atoms with Gasteiger partial charge in [-0.2, -0.15) is 0 Å². The maximum atomic E-state index is 5.47. The molecule has 6 nitrogen and oxygen atoms in total. The molecular weight excluding hydrogens is 240 g/mol. The van der Waals surface area contributed by atoms with E-state index in [0.29, 0.717) is 11.9 Å². The highest BCUT2D eigenvalue weighted by Gasteiger charge is 2.18. The van der Waals surface area contributed by atoms with Crippen LogP contribution in [0.15, 0.2) is 6.33 Å². The number of nitrogens with one attached hydrogen (secondary N) is 2. The Labute approximate surface area is 114 Å². The molecule has 1 aromatic rings. The monoisotopic (exact) mass is 264 g/mol. The molecule has 1 fully saturated rings. The second-order valence-electron chi connectivity index (χ2n) is 5.02. The number of likely N-dealkylation sites (tertiary alicyclic amines) is 1. The molecule has 0 bridgehead atoms. The standard InChI is InChI=1S/C13H24N6/c1-3-11-12(16-9-17-13(11)18-14)15-8-10(2)19-6-4-5-7-19/h9-10H,3-8,14H2,1-2H3,(H2,15,16,17,18). The molecule has 1 aliphatic rings. The fourth-order valence-corrected chi connectivity index (χ4v) is 2.58. The fourth-order valence-electron chi connectivity index (χ4n) is 2.58. The molecule has 0 aromatic carbocycles. The molecule has 2 rings (SSSR count). The van der Waals surface area contributed by atoms with Crippen molar-refractivity contribution in [3.63, 3.8) is 0 Å². The lowest BCUT2D eigenvalue weighted by molar-refractivity contribution is 0.269. The summed E-state index contributed by atoms with van der Waals surface area (Å²) >= 11 is 0. The number of hydrazine groups is 1. The second kappa shape index (κ2) is 6.68. The Bertz CT molecular complexity index is 402. The van der Waals surface area contributed by atoms with Crippen molar-refractivity contribution < 1.29 is 0 Å². The molecular formula is C13H24N6. The molecule has 0 spiro atoms. The number of anilines is 2. The van der Waals surface area contributed by atoms with E-state index in [4.69, 9.17) is 5.84 Å². The second-order valence-corrected chi connectivity index (χ2v) is 5.02. The molecule has 19 heavy (non-hydrogen) atoms. The Balaban J connectivity index is 1.98. The van der Waals surface area contributed by atoms with Crippen LogP contribution in [0.2, 0.25) is 0 Å². The average molecular weight is 264 g/mol. The van der Waals surface area contributed by atoms with Gasteiger partial charge in [-0.25, -0.2) is 15.8 Å². The van der Waals surface area contributed by atoms with Gasteiger partial charge in [-0.05, 0) is 39.3 Å². The van der Waals surface area contributed by atoms with Gasteiger partial charge in [-0.3, -0.25) is 4.90 Å². The molecule has 0 amide bonds. The minimum atomic E-state index is 0.524. The molecule has 0 saturated carbocycles. The zero-order valence-corrected chi connectivity index (χ0v) is 11.8. The highest BCUT2D eigenvalue weighted by molar-refractivity contribution is 5.56. The van der Waals surface area contributed by atoms with Crippen molar-refractivity contribution in [1.82, 2.24) is 14.9 Å². The first-order valence-electron chi connectivity index (χ1n) is 7.04. The van der Waals surface area contributed by atoms with Crippen LogP contribution < -0.4 is 16.6 Å². The zero-order valence-electron chi connectivity index (χ0n) is 11.8. The van der Waals surface area contributed by atoms with Gasteiger partial charge in [0.05, 0.1) is 0 Å². The van der Waals surface area contributed by atoms with Crippen LogP contribution in [-0.4, -0.2) is 40.5 Å². The lowest BCUT2D eigenvalue weighted by Crippen LogP contribution is -2.35. The minimum Gasteiger partial charge on any atom is -0.368 e. The Morgan fingerprint density at radius 3 is 2.63 bits per heavy atom. The van der Waals surface area contributed by atoms with Crippen molar-refractivity contribution >= 4 is 11.6 Å². The molecule has 1 atom stereocenters. The summed E-state index contributed by atoms with van der Waals surface area (Å²) in [5, 5.41) is 3.43. The van der Waals surface area contributed by atoms with Gasteiger partial charge in [0.1, 0.15) is 18.0 Å². The van der Waals surface area contributed by atoms with Crippen LogP contribution in [0.1, 0.15) is 32.3 Å². The molecule has 6 heteroatoms. The third-order valence-electron chi connectivity index (χ3n) is 3.76. The van der Waals surface area contributed by atoms with E-state index in [1.54, 1.807) is 0 Å². The summed E-state index contributed by atoms with van der Waals surface area (Å²) in [7, 11) is 0. The Hall–Kier alpha value is -1.40. The van der Waals surface area contributed by atoms with E-state index in [1.807, 2.05) is 0 Å². The molecule has 1 unspecified atom stereocenters. The molecule has 0 aliphatic carbocycles. The van der Waals surface area contributed by atoms with E-state index >= 15 is 0 Å². The number of aromatic nitrogens is 2. The number of hydrogen-bond donors (Lipinski definition) is 3. The fraction of sp³-hybridized carbons (Fsp3) is 0.692. The third kappa shape index (κ3) is 3.33. The van der Waals surface area contributed by atoms with E-state index in [2.05, 4.69) is 39.5 Å². The number of hydrogen-bond acceptors (Lipinski definition) is 6. The molecule has 4 N–H and O–H groups in total. The molecule has 1 aliphatic heterocycles. The average Bonchev–Trinajstić information content (AvgIpc) is 2.98. The van der Waals surface area contributed by atoms with E-state index in [1.165, 1.54) is 32.3 Å². The van der Waals surface area contributed by atoms with Gasteiger partial charge in [0.2, 0.25) is 0 Å². The molecule has 1 aromatic heterocycles. The van der Waals surface area contributed by atoms with E-state index in [9.17, 15) is 0 Å². The van der Waals surface area contributed by atoms with Crippen molar-refractivity contribution in [1.29, 1.82) is 0 Å². The number of nitrogens with two attached hydrogens (primary N) is 1. The Kier molecular flexibility index (Phi) is 4.93. The minimum absolute atomic E-state index is 0.524. The van der Waals surface area contributed by atoms with Gasteiger partial charge in [0.25, 0.3) is 0 Å². The maximum absolute atomic E-state index is 5.47. The van der Waals surface area contributed by atoms with Crippen LogP contribution >= 0.6 is 0 Å². The molecule has 106 valence electrons. The first kappa shape index (κ1) is 14.0. The van der Waals surface area contributed by atoms with Crippen molar-refractivity contribution in [2.24, 2.45) is 5.84 Å². The smallest absolute Gasteiger partial charge is 0.148 e. The van der Waals surface area contributed by atoms with Gasteiger partial charge < -0.3 is 10.7 Å². The lowest BCUT2D eigenvalue weighted by Gasteiger charge is -2.24. The lowest BCUT2D eigenvalue weighted by atomic mass is 10.2. The number of nitrogen functional groups attached to an aromatic ring is 1. The van der Waals surface area contributed by atoms with Gasteiger partial charge in [-0.15, -0.1) is 0 Å². The SMILES string of the molecule is CCc1c(NN)ncnc1NCC(C)N1CCCC1. The number of nitrogens with zero attached hydrogens (tertiary/aromatic N) is 3. The summed E-state index contributed by atoms with van der Waals surface area (Å²) in [6.07, 6.45) is 5.02. The first-order valence-corrected chi connectivity index (χ1v) is 7.04. The van der Waals surface area contributed by atoms with E-state index in [0.717, 1.165) is 24.3 Å². The Morgan fingerprint density at radius 2 is 2.00 bits per heavy atom. The highest BCUT2D eigenvalue weighted by Crippen LogP contribution is 2.20. The van der Waals surface area contributed by atoms with Gasteiger partial charge >= 0.3 is 0 Å². The molecule has 0 radical (unpaired) electrons. The predicted octanol–water partition coefficient (Wildman–Crippen LogP) is 1.22. The van der Waals surface area contributed by atoms with Gasteiger partial charge in [-0.1, -0.05) is 6.92 Å². The van der Waals surface area contributed by atoms with Crippen molar-refractivity contribution in [3.05, 3.63) is 11.9 Å². The van der Waals surface area contributed by atoms with Crippen molar-refractivity contribution in [2.75, 3.05) is 30.4 Å². The predicted molar refractivity (Wildman–Crippen MR) is 78.0 cm³/mol. The largest absolute Gasteiger partial charge is 0.368 e. The first-order chi connectivity index (χ1) is 9.26. The van der Waals surface area contributed by atoms with Gasteiger partial charge in [0.15, 0.2) is 0 Å². The topological polar surface area (TPSA) is 79.1 Å². The normalized spacial score (nSPS) is 17.4. The van der Waals surface area contributed by atoms with Crippen molar-refractivity contribution in [3.8, 4) is 0 Å². The van der Waals surface area contributed by atoms with E-state index in [-0.39, 0.29) is 0 Å². The quantitative estimate of drug-likeness (QED) is 0.529. The van der Waals surface area contributed by atoms with Crippen LogP contribution in [0.25, 0.3) is 0 Å². The number of rotatable bonds is 6. The van der Waals surface area contributed by atoms with Gasteiger partial charge in [0, 0.05) is 18.2 Å². The maximum Gasteiger partial charge on any atom is 0.148 e. The van der Waals surface area contributed by atoms with Crippen LogP contribution in [0.4, 0.5) is 11.6 Å². The zero-order chi connectivity index (χ0) is 13.7. The highest BCUT2D eigenvalue weighted by atomic mass is 15.3. The Morgan fingerprint density at radius 1 is 1.32 bits per heavy atom. The van der Waals surface area contributed by atoms with Crippen LogP contribution in [-0.2, 0) is 6.42 Å². The summed E-state index contributed by atoms with van der Waals surface area (Å²) in [5.74, 6) is 7.06. The third-order valence-corrected chi connectivity index (χ3v) is 3.76. The summed E-state index contributed by atoms with van der Waals surface area (Å²) in [6, 6.07) is 0.524. The molecule has 2 heterocycles. The summed E-state index contributed by atoms with van der Waals surface area (Å²) in [4.78, 5) is 11.0. The van der Waals surface area contributed by atoms with Crippen LogP contribution in [0.5, 0.6) is 0 Å². The summed E-state index contributed by atoms with van der Waals surface area (Å²) in [5.41, 5.74) is 3.67. The van der Waals surface area contributed by atoms with Crippen LogP contribution in [0, 0.1) is 0 Å². The van der Waals surface area contributed by atoms with Crippen molar-refractivity contribution in [2.45, 2.75) is 39.2 Å². The summed E-state index contributed by atoms with van der Waals surface area (Å²) < 4.78 is 0. The van der Waals surface area contributed by atoms with E-state index < -0.39 is 0 Å². The van der Waals surface area contributed by atoms with Crippen LogP contribution in [0.3, 0.4) is 0 Å². The molecule has 1 saturated heterocycles.